The molecule has 1 unspecified atom stereocenters. The number of hydrogen-bond acceptors (Lipinski definition) is 5. The lowest BCUT2D eigenvalue weighted by atomic mass is 9.75. The van der Waals surface area contributed by atoms with E-state index in [1.165, 1.54) is 0 Å². The normalized spacial score (nSPS) is 15.6. The minimum Gasteiger partial charge on any atom is -0.480 e. The predicted octanol–water partition coefficient (Wildman–Crippen LogP) is 6.72. The summed E-state index contributed by atoms with van der Waals surface area (Å²) in [6, 6.07) is 20.7. The third-order valence-corrected chi connectivity index (χ3v) is 15.5. The standard InChI is InChI=1S/C30H47O6PSi/c1-10-34-37(33,35-11-2)30(27(31)32,28(4,5)6)22-24(3)23-36-38(29(7,8)9,25-18-14-12-15-19-25)26-20-16-13-17-21-26/h12-21,24H,10-11,22-23H2,1-9H3,(H,31,32)/t24?,30-/m1/s1. The Balaban J connectivity index is 2.60. The molecule has 0 heterocycles. The van der Waals surface area contributed by atoms with Crippen molar-refractivity contribution in [3.05, 3.63) is 60.7 Å². The van der Waals surface area contributed by atoms with E-state index in [9.17, 15) is 14.5 Å². The molecule has 0 aliphatic rings. The van der Waals surface area contributed by atoms with E-state index in [2.05, 4.69) is 45.0 Å². The second-order valence-corrected chi connectivity index (χ2v) is 18.6. The Morgan fingerprint density at radius 1 is 0.868 bits per heavy atom. The monoisotopic (exact) mass is 562 g/mol. The number of benzene rings is 2. The first-order chi connectivity index (χ1) is 17.6. The zero-order valence-electron chi connectivity index (χ0n) is 24.6. The summed E-state index contributed by atoms with van der Waals surface area (Å²) in [4.78, 5) is 13.0. The topological polar surface area (TPSA) is 82.1 Å². The van der Waals surface area contributed by atoms with Gasteiger partial charge < -0.3 is 18.6 Å². The van der Waals surface area contributed by atoms with Gasteiger partial charge in [0.2, 0.25) is 0 Å². The van der Waals surface area contributed by atoms with Gasteiger partial charge in [0.25, 0.3) is 8.32 Å². The fourth-order valence-corrected chi connectivity index (χ4v) is 13.0. The highest BCUT2D eigenvalue weighted by atomic mass is 31.2. The van der Waals surface area contributed by atoms with Crippen LogP contribution in [0.2, 0.25) is 5.04 Å². The Bertz CT molecular complexity index is 1030. The zero-order chi connectivity index (χ0) is 28.8. The molecule has 0 amide bonds. The van der Waals surface area contributed by atoms with Crippen LogP contribution in [-0.4, -0.2) is 44.4 Å². The summed E-state index contributed by atoms with van der Waals surface area (Å²) in [5, 5.41) is 11.0. The molecular weight excluding hydrogens is 515 g/mol. The summed E-state index contributed by atoms with van der Waals surface area (Å²) in [5.41, 5.74) is -0.912. The van der Waals surface area contributed by atoms with Crippen LogP contribution in [0.4, 0.5) is 0 Å². The molecule has 0 spiro atoms. The number of carbonyl (C=O) groups is 1. The summed E-state index contributed by atoms with van der Waals surface area (Å²) in [5.74, 6) is -1.42. The van der Waals surface area contributed by atoms with Crippen LogP contribution in [-0.2, 0) is 22.8 Å². The Kier molecular flexibility index (Phi) is 10.8. The van der Waals surface area contributed by atoms with Crippen LogP contribution in [0.5, 0.6) is 0 Å². The van der Waals surface area contributed by atoms with E-state index in [4.69, 9.17) is 13.5 Å². The van der Waals surface area contributed by atoms with Gasteiger partial charge in [0, 0.05) is 6.61 Å². The van der Waals surface area contributed by atoms with Crippen LogP contribution >= 0.6 is 7.60 Å². The summed E-state index contributed by atoms with van der Waals surface area (Å²) in [6.45, 7) is 17.9. The van der Waals surface area contributed by atoms with Gasteiger partial charge in [-0.25, -0.2) is 0 Å². The van der Waals surface area contributed by atoms with Crippen molar-refractivity contribution in [2.45, 2.75) is 78.9 Å². The minimum atomic E-state index is -4.05. The molecule has 0 aromatic heterocycles. The Morgan fingerprint density at radius 3 is 1.61 bits per heavy atom. The van der Waals surface area contributed by atoms with Gasteiger partial charge in [-0.2, -0.15) is 0 Å². The molecule has 38 heavy (non-hydrogen) atoms. The lowest BCUT2D eigenvalue weighted by Gasteiger charge is -2.47. The van der Waals surface area contributed by atoms with Crippen molar-refractivity contribution >= 4 is 32.3 Å². The first kappa shape index (κ1) is 32.4. The van der Waals surface area contributed by atoms with Crippen LogP contribution < -0.4 is 10.4 Å². The Hall–Kier alpha value is -1.76. The summed E-state index contributed by atoms with van der Waals surface area (Å²) >= 11 is 0. The molecule has 0 saturated carbocycles. The molecular formula is C30H47O6PSi. The maximum atomic E-state index is 14.2. The average molecular weight is 563 g/mol. The van der Waals surface area contributed by atoms with Crippen LogP contribution in [0.15, 0.2) is 60.7 Å². The van der Waals surface area contributed by atoms with Crippen molar-refractivity contribution in [2.75, 3.05) is 19.8 Å². The molecule has 2 rings (SSSR count). The molecule has 0 aliphatic carbocycles. The van der Waals surface area contributed by atoms with E-state index in [-0.39, 0.29) is 30.6 Å². The number of hydrogen-bond donors (Lipinski definition) is 1. The summed E-state index contributed by atoms with van der Waals surface area (Å²) in [7, 11) is -6.86. The molecule has 0 saturated heterocycles. The van der Waals surface area contributed by atoms with E-state index in [0.29, 0.717) is 6.61 Å². The highest BCUT2D eigenvalue weighted by Gasteiger charge is 2.64. The lowest BCUT2D eigenvalue weighted by molar-refractivity contribution is -0.145. The highest BCUT2D eigenvalue weighted by Crippen LogP contribution is 2.68. The molecule has 2 aromatic rings. The van der Waals surface area contributed by atoms with Crippen molar-refractivity contribution in [3.8, 4) is 0 Å². The Labute approximate surface area is 230 Å². The number of rotatable bonds is 13. The molecule has 2 aromatic carbocycles. The van der Waals surface area contributed by atoms with Crippen molar-refractivity contribution in [1.82, 2.24) is 0 Å². The van der Waals surface area contributed by atoms with E-state index < -0.39 is 32.5 Å². The quantitative estimate of drug-likeness (QED) is 0.215. The van der Waals surface area contributed by atoms with Gasteiger partial charge in [0.05, 0.1) is 13.2 Å². The van der Waals surface area contributed by atoms with Gasteiger partial charge in [-0.3, -0.25) is 9.36 Å². The molecule has 1 N–H and O–H groups in total. The van der Waals surface area contributed by atoms with Crippen LogP contribution in [0.3, 0.4) is 0 Å². The van der Waals surface area contributed by atoms with E-state index in [1.54, 1.807) is 34.6 Å². The SMILES string of the molecule is CCOP(=O)(OCC)[C@](CC(C)CO[Si](c1ccccc1)(c1ccccc1)C(C)(C)C)(C(=O)O)C(C)(C)C. The molecule has 212 valence electrons. The van der Waals surface area contributed by atoms with Gasteiger partial charge in [-0.15, -0.1) is 0 Å². The van der Waals surface area contributed by atoms with Crippen molar-refractivity contribution in [2.24, 2.45) is 11.3 Å². The van der Waals surface area contributed by atoms with Gasteiger partial charge >= 0.3 is 13.6 Å². The lowest BCUT2D eigenvalue weighted by Crippen LogP contribution is -2.67. The molecule has 0 bridgehead atoms. The van der Waals surface area contributed by atoms with E-state index >= 15 is 0 Å². The summed E-state index contributed by atoms with van der Waals surface area (Å²) < 4.78 is 32.6. The molecule has 2 atom stereocenters. The fraction of sp³-hybridized carbons (Fsp3) is 0.567. The predicted molar refractivity (Wildman–Crippen MR) is 158 cm³/mol. The summed E-state index contributed by atoms with van der Waals surface area (Å²) in [6.07, 6.45) is 0.0846. The van der Waals surface area contributed by atoms with Crippen molar-refractivity contribution < 1.29 is 27.9 Å². The van der Waals surface area contributed by atoms with Gasteiger partial charge in [0.15, 0.2) is 5.16 Å². The fourth-order valence-electron chi connectivity index (χ4n) is 5.54. The average Bonchev–Trinajstić information content (AvgIpc) is 2.82. The first-order valence-corrected chi connectivity index (χ1v) is 17.0. The van der Waals surface area contributed by atoms with E-state index in [0.717, 1.165) is 10.4 Å². The maximum Gasteiger partial charge on any atom is 0.348 e. The minimum absolute atomic E-state index is 0.0846. The van der Waals surface area contributed by atoms with Crippen LogP contribution in [0.1, 0.15) is 68.7 Å². The highest BCUT2D eigenvalue weighted by molar-refractivity contribution is 7.56. The molecule has 6 nitrogen and oxygen atoms in total. The van der Waals surface area contributed by atoms with Gasteiger partial charge in [0.1, 0.15) is 0 Å². The van der Waals surface area contributed by atoms with Gasteiger partial charge in [-0.1, -0.05) is 109 Å². The molecule has 0 radical (unpaired) electrons. The Morgan fingerprint density at radius 2 is 1.29 bits per heavy atom. The maximum absolute atomic E-state index is 14.2. The largest absolute Gasteiger partial charge is 0.480 e. The molecule has 0 aliphatic heterocycles. The smallest absolute Gasteiger partial charge is 0.348 e. The second-order valence-electron chi connectivity index (χ2n) is 12.0. The van der Waals surface area contributed by atoms with E-state index in [1.807, 2.05) is 43.3 Å². The third kappa shape index (κ3) is 6.18. The van der Waals surface area contributed by atoms with Crippen molar-refractivity contribution in [3.63, 3.8) is 0 Å². The molecule has 8 heteroatoms. The first-order valence-electron chi connectivity index (χ1n) is 13.5. The zero-order valence-corrected chi connectivity index (χ0v) is 26.5. The second kappa shape index (κ2) is 12.6. The number of aliphatic carboxylic acids is 1. The number of carboxylic acid groups (broad SMARTS) is 1. The van der Waals surface area contributed by atoms with Crippen LogP contribution in [0.25, 0.3) is 0 Å². The van der Waals surface area contributed by atoms with Crippen molar-refractivity contribution in [1.29, 1.82) is 0 Å². The van der Waals surface area contributed by atoms with Crippen LogP contribution in [0, 0.1) is 11.3 Å². The molecule has 0 fully saturated rings. The number of carboxylic acids is 1. The van der Waals surface area contributed by atoms with Gasteiger partial charge in [-0.05, 0) is 47.0 Å². The third-order valence-electron chi connectivity index (χ3n) is 7.31.